The smallest absolute Gasteiger partial charge is 0.250 e. The second-order valence-corrected chi connectivity index (χ2v) is 5.62. The van der Waals surface area contributed by atoms with Crippen LogP contribution in [-0.4, -0.2) is 23.0 Å². The predicted octanol–water partition coefficient (Wildman–Crippen LogP) is 3.29. The second-order valence-electron chi connectivity index (χ2n) is 4.13. The van der Waals surface area contributed by atoms with Gasteiger partial charge in [0.2, 0.25) is 5.91 Å². The molecule has 4 nitrogen and oxygen atoms in total. The number of thioether (sulfide) groups is 1. The molecular weight excluding hydrogens is 308 g/mol. The Bertz CT molecular complexity index is 644. The number of benzene rings is 2. The summed E-state index contributed by atoms with van der Waals surface area (Å²) in [6.45, 7) is 0. The zero-order valence-electron chi connectivity index (χ0n) is 11.0. The predicted molar refractivity (Wildman–Crippen MR) is 86.0 cm³/mol. The van der Waals surface area contributed by atoms with E-state index in [9.17, 15) is 9.90 Å². The van der Waals surface area contributed by atoms with E-state index in [2.05, 4.69) is 10.5 Å². The van der Waals surface area contributed by atoms with Crippen molar-refractivity contribution in [1.29, 1.82) is 0 Å². The van der Waals surface area contributed by atoms with Crippen LogP contribution in [0.2, 0.25) is 5.02 Å². The maximum atomic E-state index is 11.6. The van der Waals surface area contributed by atoms with Gasteiger partial charge in [0.25, 0.3) is 0 Å². The first-order valence-electron chi connectivity index (χ1n) is 6.13. The fraction of sp³-hybridized carbons (Fsp3) is 0.0667. The monoisotopic (exact) mass is 320 g/mol. The standard InChI is InChI=1S/C15H13ClN2O2S/c16-12-4-6-14(7-5-12)21-10-15(20)18-17-9-11-2-1-3-13(19)8-11/h1-9,19H,10H2,(H,18,20)/b17-9+. The number of phenols is 1. The SMILES string of the molecule is O=C(CSc1ccc(Cl)cc1)N/N=C/c1cccc(O)c1. The van der Waals surface area contributed by atoms with Gasteiger partial charge in [-0.2, -0.15) is 5.10 Å². The number of carbonyl (C=O) groups is 1. The summed E-state index contributed by atoms with van der Waals surface area (Å²) in [4.78, 5) is 12.6. The minimum atomic E-state index is -0.202. The van der Waals surface area contributed by atoms with E-state index in [1.807, 2.05) is 12.1 Å². The molecule has 0 spiro atoms. The van der Waals surface area contributed by atoms with E-state index in [0.717, 1.165) is 4.90 Å². The number of halogens is 1. The molecular formula is C15H13ClN2O2S. The number of hydrogen-bond acceptors (Lipinski definition) is 4. The molecule has 0 atom stereocenters. The molecule has 0 saturated carbocycles. The Morgan fingerprint density at radius 2 is 2.05 bits per heavy atom. The van der Waals surface area contributed by atoms with E-state index in [4.69, 9.17) is 11.6 Å². The third kappa shape index (κ3) is 5.49. The molecule has 2 rings (SSSR count). The first-order valence-corrected chi connectivity index (χ1v) is 7.49. The van der Waals surface area contributed by atoms with Crippen LogP contribution in [0, 0.1) is 0 Å². The number of rotatable bonds is 5. The summed E-state index contributed by atoms with van der Waals surface area (Å²) in [5.41, 5.74) is 3.14. The summed E-state index contributed by atoms with van der Waals surface area (Å²) in [7, 11) is 0. The molecule has 0 unspecified atom stereocenters. The van der Waals surface area contributed by atoms with Gasteiger partial charge in [0.1, 0.15) is 5.75 Å². The van der Waals surface area contributed by atoms with Crippen molar-refractivity contribution in [3.8, 4) is 5.75 Å². The first-order chi connectivity index (χ1) is 10.1. The Kier molecular flexibility index (Phi) is 5.66. The van der Waals surface area contributed by atoms with Crippen LogP contribution in [0.15, 0.2) is 58.5 Å². The fourth-order valence-corrected chi connectivity index (χ4v) is 2.31. The number of aromatic hydroxyl groups is 1. The van der Waals surface area contributed by atoms with Crippen molar-refractivity contribution in [2.75, 3.05) is 5.75 Å². The highest BCUT2D eigenvalue weighted by Crippen LogP contribution is 2.19. The lowest BCUT2D eigenvalue weighted by Crippen LogP contribution is -2.19. The topological polar surface area (TPSA) is 61.7 Å². The summed E-state index contributed by atoms with van der Waals surface area (Å²) in [6.07, 6.45) is 1.48. The molecule has 0 saturated heterocycles. The van der Waals surface area contributed by atoms with Gasteiger partial charge < -0.3 is 5.11 Å². The van der Waals surface area contributed by atoms with Crippen LogP contribution in [0.1, 0.15) is 5.56 Å². The summed E-state index contributed by atoms with van der Waals surface area (Å²) in [6, 6.07) is 13.9. The van der Waals surface area contributed by atoms with Crippen LogP contribution in [0.25, 0.3) is 0 Å². The highest BCUT2D eigenvalue weighted by Gasteiger charge is 2.01. The van der Waals surface area contributed by atoms with Crippen molar-refractivity contribution in [2.45, 2.75) is 4.90 Å². The molecule has 0 aliphatic rings. The number of hydrogen-bond donors (Lipinski definition) is 2. The molecule has 2 aromatic carbocycles. The van der Waals surface area contributed by atoms with E-state index in [0.29, 0.717) is 10.6 Å². The Labute approximate surface area is 131 Å². The van der Waals surface area contributed by atoms with Crippen LogP contribution in [0.5, 0.6) is 5.75 Å². The van der Waals surface area contributed by atoms with Gasteiger partial charge in [0.15, 0.2) is 0 Å². The van der Waals surface area contributed by atoms with Gasteiger partial charge in [-0.05, 0) is 42.0 Å². The Morgan fingerprint density at radius 3 is 2.76 bits per heavy atom. The normalized spacial score (nSPS) is 10.7. The molecule has 0 aromatic heterocycles. The van der Waals surface area contributed by atoms with Crippen molar-refractivity contribution < 1.29 is 9.90 Å². The van der Waals surface area contributed by atoms with Crippen LogP contribution in [-0.2, 0) is 4.79 Å². The molecule has 6 heteroatoms. The highest BCUT2D eigenvalue weighted by molar-refractivity contribution is 8.00. The van der Waals surface area contributed by atoms with Crippen LogP contribution in [0.4, 0.5) is 0 Å². The van der Waals surface area contributed by atoms with Crippen molar-refractivity contribution in [1.82, 2.24) is 5.43 Å². The van der Waals surface area contributed by atoms with Crippen molar-refractivity contribution in [2.24, 2.45) is 5.10 Å². The third-order valence-electron chi connectivity index (χ3n) is 2.46. The molecule has 0 aliphatic carbocycles. The molecule has 0 fully saturated rings. The fourth-order valence-electron chi connectivity index (χ4n) is 1.50. The van der Waals surface area contributed by atoms with E-state index in [1.54, 1.807) is 36.4 Å². The number of nitrogens with one attached hydrogen (secondary N) is 1. The molecule has 0 aliphatic heterocycles. The molecule has 1 amide bonds. The minimum Gasteiger partial charge on any atom is -0.508 e. The minimum absolute atomic E-state index is 0.156. The maximum absolute atomic E-state index is 11.6. The Balaban J connectivity index is 1.78. The van der Waals surface area contributed by atoms with Gasteiger partial charge in [-0.15, -0.1) is 11.8 Å². The largest absolute Gasteiger partial charge is 0.508 e. The molecule has 21 heavy (non-hydrogen) atoms. The number of phenolic OH excluding ortho intramolecular Hbond substituents is 1. The van der Waals surface area contributed by atoms with Gasteiger partial charge in [-0.3, -0.25) is 4.79 Å². The number of nitrogens with zero attached hydrogens (tertiary/aromatic N) is 1. The van der Waals surface area contributed by atoms with Crippen molar-refractivity contribution in [3.05, 3.63) is 59.1 Å². The van der Waals surface area contributed by atoms with Crippen molar-refractivity contribution in [3.63, 3.8) is 0 Å². The molecule has 2 N–H and O–H groups in total. The molecule has 0 radical (unpaired) electrons. The molecule has 0 heterocycles. The van der Waals surface area contributed by atoms with Gasteiger partial charge in [-0.25, -0.2) is 5.43 Å². The van der Waals surface area contributed by atoms with Crippen molar-refractivity contribution >= 4 is 35.5 Å². The summed E-state index contributed by atoms with van der Waals surface area (Å²) in [5, 5.41) is 13.8. The average Bonchev–Trinajstić information content (AvgIpc) is 2.47. The van der Waals surface area contributed by atoms with E-state index >= 15 is 0 Å². The third-order valence-corrected chi connectivity index (χ3v) is 3.72. The zero-order valence-corrected chi connectivity index (χ0v) is 12.6. The summed E-state index contributed by atoms with van der Waals surface area (Å²) in [5.74, 6) is 0.217. The quantitative estimate of drug-likeness (QED) is 0.505. The van der Waals surface area contributed by atoms with Crippen LogP contribution in [0.3, 0.4) is 0 Å². The Morgan fingerprint density at radius 1 is 1.29 bits per heavy atom. The summed E-state index contributed by atoms with van der Waals surface area (Å²) < 4.78 is 0. The van der Waals surface area contributed by atoms with Gasteiger partial charge in [0.05, 0.1) is 12.0 Å². The first kappa shape index (κ1) is 15.4. The summed E-state index contributed by atoms with van der Waals surface area (Å²) >= 11 is 7.19. The van der Waals surface area contributed by atoms with Gasteiger partial charge in [-0.1, -0.05) is 23.7 Å². The average molecular weight is 321 g/mol. The van der Waals surface area contributed by atoms with E-state index in [1.165, 1.54) is 18.0 Å². The number of hydrazone groups is 1. The number of carbonyl (C=O) groups excluding carboxylic acids is 1. The lowest BCUT2D eigenvalue weighted by molar-refractivity contribution is -0.118. The zero-order chi connectivity index (χ0) is 15.1. The molecule has 2 aromatic rings. The lowest BCUT2D eigenvalue weighted by Gasteiger charge is -2.01. The van der Waals surface area contributed by atoms with E-state index < -0.39 is 0 Å². The van der Waals surface area contributed by atoms with Gasteiger partial charge >= 0.3 is 0 Å². The van der Waals surface area contributed by atoms with Gasteiger partial charge in [0, 0.05) is 9.92 Å². The van der Waals surface area contributed by atoms with Crippen LogP contribution < -0.4 is 5.43 Å². The maximum Gasteiger partial charge on any atom is 0.250 e. The second kappa shape index (κ2) is 7.71. The number of amides is 1. The highest BCUT2D eigenvalue weighted by atomic mass is 35.5. The molecule has 0 bridgehead atoms. The Hall–Kier alpha value is -1.98. The van der Waals surface area contributed by atoms with Crippen LogP contribution >= 0.6 is 23.4 Å². The van der Waals surface area contributed by atoms with E-state index in [-0.39, 0.29) is 17.4 Å². The lowest BCUT2D eigenvalue weighted by atomic mass is 10.2. The molecule has 108 valence electrons.